The molecule has 0 fully saturated rings. The van der Waals surface area contributed by atoms with E-state index >= 15 is 0 Å². The van der Waals surface area contributed by atoms with Crippen LogP contribution in [0.1, 0.15) is 15.9 Å². The molecule has 1 aromatic heterocycles. The summed E-state index contributed by atoms with van der Waals surface area (Å²) < 4.78 is 39.3. The molecule has 136 valence electrons. The number of pyridine rings is 1. The van der Waals surface area contributed by atoms with Gasteiger partial charge < -0.3 is 4.90 Å². The number of hydrogen-bond donors (Lipinski definition) is 0. The zero-order valence-electron chi connectivity index (χ0n) is 13.9. The van der Waals surface area contributed by atoms with Crippen LogP contribution in [0.15, 0.2) is 66.4 Å². The Balaban J connectivity index is 2.41. The summed E-state index contributed by atoms with van der Waals surface area (Å²) >= 11 is 1.20. The Morgan fingerprint density at radius 2 is 2.00 bits per heavy atom. The third kappa shape index (κ3) is 4.95. The van der Waals surface area contributed by atoms with Crippen LogP contribution >= 0.6 is 11.8 Å². The van der Waals surface area contributed by atoms with Crippen LogP contribution in [-0.2, 0) is 6.18 Å². The predicted octanol–water partition coefficient (Wildman–Crippen LogP) is 4.65. The third-order valence-corrected chi connectivity index (χ3v) is 4.34. The molecular formula is C18H16F3N3OS. The van der Waals surface area contributed by atoms with E-state index in [4.69, 9.17) is 0 Å². The number of alkyl halides is 3. The number of para-hydroxylation sites is 1. The summed E-state index contributed by atoms with van der Waals surface area (Å²) in [4.78, 5) is 21.6. The van der Waals surface area contributed by atoms with Crippen molar-refractivity contribution in [3.05, 3.63) is 72.6 Å². The van der Waals surface area contributed by atoms with Crippen LogP contribution in [0.2, 0.25) is 0 Å². The minimum atomic E-state index is -4.66. The standard InChI is InChI=1S/C18H16F3N3OS/c1-3-11-26-17(24(2)13-7-5-4-6-8-13)23-16(25)14-12-22-10-9-15(14)18(19,20)21/h3-10,12H,1,11H2,2H3/b23-17-. The fraction of sp³-hybridized carbons (Fsp3) is 0.167. The highest BCUT2D eigenvalue weighted by atomic mass is 32.2. The molecule has 0 saturated heterocycles. The van der Waals surface area contributed by atoms with Gasteiger partial charge in [0.1, 0.15) is 0 Å². The van der Waals surface area contributed by atoms with Crippen molar-refractivity contribution in [2.75, 3.05) is 17.7 Å². The summed E-state index contributed by atoms with van der Waals surface area (Å²) in [6.07, 6.45) is -1.17. The number of aromatic nitrogens is 1. The maximum Gasteiger partial charge on any atom is 0.417 e. The first-order chi connectivity index (χ1) is 12.3. The zero-order valence-corrected chi connectivity index (χ0v) is 14.7. The topological polar surface area (TPSA) is 45.6 Å². The molecule has 4 nitrogen and oxygen atoms in total. The molecule has 0 unspecified atom stereocenters. The van der Waals surface area contributed by atoms with Crippen molar-refractivity contribution in [3.63, 3.8) is 0 Å². The van der Waals surface area contributed by atoms with Crippen LogP contribution in [0.4, 0.5) is 18.9 Å². The predicted molar refractivity (Wildman–Crippen MR) is 98.5 cm³/mol. The summed E-state index contributed by atoms with van der Waals surface area (Å²) in [5, 5.41) is 0.262. The minimum Gasteiger partial charge on any atom is -0.324 e. The highest BCUT2D eigenvalue weighted by Gasteiger charge is 2.35. The molecule has 0 radical (unpaired) electrons. The quantitative estimate of drug-likeness (QED) is 0.441. The Morgan fingerprint density at radius 1 is 1.31 bits per heavy atom. The molecule has 0 bridgehead atoms. The van der Waals surface area contributed by atoms with E-state index in [1.54, 1.807) is 30.2 Å². The smallest absolute Gasteiger partial charge is 0.324 e. The fourth-order valence-electron chi connectivity index (χ4n) is 2.06. The molecular weight excluding hydrogens is 363 g/mol. The van der Waals surface area contributed by atoms with Gasteiger partial charge >= 0.3 is 6.18 Å². The van der Waals surface area contributed by atoms with Crippen molar-refractivity contribution >= 4 is 28.5 Å². The van der Waals surface area contributed by atoms with E-state index in [1.165, 1.54) is 11.8 Å². The number of amides is 1. The first-order valence-electron chi connectivity index (χ1n) is 7.51. The largest absolute Gasteiger partial charge is 0.417 e. The van der Waals surface area contributed by atoms with Gasteiger partial charge in [-0.2, -0.15) is 18.2 Å². The van der Waals surface area contributed by atoms with Crippen molar-refractivity contribution in [2.45, 2.75) is 6.18 Å². The highest BCUT2D eigenvalue weighted by Crippen LogP contribution is 2.32. The Hall–Kier alpha value is -2.61. The number of halogens is 3. The summed E-state index contributed by atoms with van der Waals surface area (Å²) in [5.41, 5.74) is -0.896. The molecule has 1 aromatic carbocycles. The summed E-state index contributed by atoms with van der Waals surface area (Å²) in [6.45, 7) is 3.61. The second kappa shape index (κ2) is 8.66. The van der Waals surface area contributed by atoms with Gasteiger partial charge in [-0.3, -0.25) is 9.78 Å². The number of amidine groups is 1. The minimum absolute atomic E-state index is 0.262. The van der Waals surface area contributed by atoms with Gasteiger partial charge in [-0.15, -0.1) is 6.58 Å². The molecule has 0 aliphatic carbocycles. The number of benzene rings is 1. The lowest BCUT2D eigenvalue weighted by Crippen LogP contribution is -2.25. The number of hydrogen-bond acceptors (Lipinski definition) is 3. The van der Waals surface area contributed by atoms with E-state index < -0.39 is 23.2 Å². The molecule has 0 aliphatic heterocycles. The van der Waals surface area contributed by atoms with Gasteiger partial charge in [0.05, 0.1) is 11.1 Å². The molecule has 0 spiro atoms. The average molecular weight is 379 g/mol. The van der Waals surface area contributed by atoms with Crippen molar-refractivity contribution in [1.29, 1.82) is 0 Å². The lowest BCUT2D eigenvalue weighted by atomic mass is 10.1. The number of nitrogens with zero attached hydrogens (tertiary/aromatic N) is 3. The lowest BCUT2D eigenvalue weighted by Gasteiger charge is -2.20. The van der Waals surface area contributed by atoms with Crippen LogP contribution in [0, 0.1) is 0 Å². The second-order valence-electron chi connectivity index (χ2n) is 5.11. The van der Waals surface area contributed by atoms with Crippen molar-refractivity contribution in [3.8, 4) is 0 Å². The van der Waals surface area contributed by atoms with Gasteiger partial charge in [-0.25, -0.2) is 0 Å². The van der Waals surface area contributed by atoms with Crippen LogP contribution in [0.25, 0.3) is 0 Å². The van der Waals surface area contributed by atoms with Crippen LogP contribution in [0.3, 0.4) is 0 Å². The number of anilines is 1. The van der Waals surface area contributed by atoms with Gasteiger partial charge in [0.25, 0.3) is 5.91 Å². The highest BCUT2D eigenvalue weighted by molar-refractivity contribution is 8.14. The van der Waals surface area contributed by atoms with E-state index in [0.717, 1.165) is 24.1 Å². The Bertz CT molecular complexity index is 807. The first-order valence-corrected chi connectivity index (χ1v) is 8.50. The van der Waals surface area contributed by atoms with Crippen LogP contribution in [-0.4, -0.2) is 28.9 Å². The van der Waals surface area contributed by atoms with Crippen molar-refractivity contribution in [2.24, 2.45) is 4.99 Å². The molecule has 8 heteroatoms. The summed E-state index contributed by atoms with van der Waals surface area (Å²) in [6, 6.07) is 9.83. The van der Waals surface area contributed by atoms with E-state index in [9.17, 15) is 18.0 Å². The van der Waals surface area contributed by atoms with Gasteiger partial charge in [0, 0.05) is 30.9 Å². The van der Waals surface area contributed by atoms with Gasteiger partial charge in [0.15, 0.2) is 5.17 Å². The molecule has 0 aliphatic rings. The van der Waals surface area contributed by atoms with E-state index in [1.807, 2.05) is 18.2 Å². The van der Waals surface area contributed by atoms with Crippen LogP contribution < -0.4 is 4.90 Å². The van der Waals surface area contributed by atoms with E-state index in [-0.39, 0.29) is 5.17 Å². The van der Waals surface area contributed by atoms with Gasteiger partial charge in [-0.1, -0.05) is 36.0 Å². The monoisotopic (exact) mass is 379 g/mol. The Labute approximate surface area is 153 Å². The second-order valence-corrected chi connectivity index (χ2v) is 6.10. The van der Waals surface area contributed by atoms with Gasteiger partial charge in [-0.05, 0) is 18.2 Å². The molecule has 2 aromatic rings. The van der Waals surface area contributed by atoms with Gasteiger partial charge in [0.2, 0.25) is 0 Å². The maximum atomic E-state index is 13.1. The number of rotatable bonds is 4. The SMILES string of the molecule is C=CCS/C(=N\C(=O)c1cnccc1C(F)(F)F)N(C)c1ccccc1. The number of thioether (sulfide) groups is 1. The fourth-order valence-corrected chi connectivity index (χ4v) is 2.77. The van der Waals surface area contributed by atoms with Crippen molar-refractivity contribution in [1.82, 2.24) is 4.98 Å². The maximum absolute atomic E-state index is 13.1. The van der Waals surface area contributed by atoms with E-state index in [0.29, 0.717) is 5.75 Å². The molecule has 0 N–H and O–H groups in total. The molecule has 26 heavy (non-hydrogen) atoms. The zero-order chi connectivity index (χ0) is 19.2. The number of carbonyl (C=O) groups is 1. The molecule has 0 saturated carbocycles. The summed E-state index contributed by atoms with van der Waals surface area (Å²) in [7, 11) is 1.69. The molecule has 1 heterocycles. The molecule has 2 rings (SSSR count). The number of carbonyl (C=O) groups excluding carboxylic acids is 1. The Morgan fingerprint density at radius 3 is 2.62 bits per heavy atom. The lowest BCUT2D eigenvalue weighted by molar-refractivity contribution is -0.138. The van der Waals surface area contributed by atoms with Crippen LogP contribution in [0.5, 0.6) is 0 Å². The molecule has 0 atom stereocenters. The average Bonchev–Trinajstić information content (AvgIpc) is 2.64. The Kier molecular flexibility index (Phi) is 6.57. The number of aliphatic imine (C=N–C) groups is 1. The first kappa shape index (κ1) is 19.7. The third-order valence-electron chi connectivity index (χ3n) is 3.31. The normalized spacial score (nSPS) is 11.9. The summed E-state index contributed by atoms with van der Waals surface area (Å²) in [5.74, 6) is -0.553. The van der Waals surface area contributed by atoms with E-state index in [2.05, 4.69) is 16.6 Å². The van der Waals surface area contributed by atoms with Crippen molar-refractivity contribution < 1.29 is 18.0 Å². The molecule has 1 amide bonds.